The summed E-state index contributed by atoms with van der Waals surface area (Å²) in [6.07, 6.45) is 4.67. The Morgan fingerprint density at radius 2 is 2.27 bits per heavy atom. The van der Waals surface area contributed by atoms with E-state index in [2.05, 4.69) is 6.42 Å². The SMILES string of the molecule is C#CCNC(=O)C(F)(F)C#N. The maximum atomic E-state index is 12.0. The zero-order valence-corrected chi connectivity index (χ0v) is 5.40. The van der Waals surface area contributed by atoms with Gasteiger partial charge in [0, 0.05) is 0 Å². The Balaban J connectivity index is 4.08. The maximum absolute atomic E-state index is 12.0. The molecule has 1 amide bonds. The zero-order valence-electron chi connectivity index (χ0n) is 5.40. The molecule has 3 nitrogen and oxygen atoms in total. The minimum absolute atomic E-state index is 0.309. The molecule has 0 unspecified atom stereocenters. The maximum Gasteiger partial charge on any atom is 0.408 e. The normalized spacial score (nSPS) is 9.45. The van der Waals surface area contributed by atoms with Gasteiger partial charge in [0.25, 0.3) is 0 Å². The summed E-state index contributed by atoms with van der Waals surface area (Å²) in [6.45, 7) is -0.309. The summed E-state index contributed by atoms with van der Waals surface area (Å²) >= 11 is 0. The van der Waals surface area contributed by atoms with Crippen LogP contribution in [0.1, 0.15) is 0 Å². The first-order valence-corrected chi connectivity index (χ1v) is 2.55. The molecule has 0 spiro atoms. The molecule has 1 N–H and O–H groups in total. The monoisotopic (exact) mass is 158 g/mol. The molecule has 0 aliphatic carbocycles. The summed E-state index contributed by atoms with van der Waals surface area (Å²) in [4.78, 5) is 10.3. The van der Waals surface area contributed by atoms with Crippen molar-refractivity contribution in [3.63, 3.8) is 0 Å². The summed E-state index contributed by atoms with van der Waals surface area (Å²) < 4.78 is 24.1. The van der Waals surface area contributed by atoms with Gasteiger partial charge in [-0.15, -0.1) is 6.42 Å². The van der Waals surface area contributed by atoms with Gasteiger partial charge in [0.2, 0.25) is 0 Å². The molecule has 0 aromatic carbocycles. The summed E-state index contributed by atoms with van der Waals surface area (Å²) in [7, 11) is 0. The number of hydrogen-bond acceptors (Lipinski definition) is 2. The van der Waals surface area contributed by atoms with Gasteiger partial charge in [0.1, 0.15) is 6.07 Å². The molecule has 0 aliphatic rings. The fourth-order valence-corrected chi connectivity index (χ4v) is 0.293. The molecule has 0 saturated carbocycles. The lowest BCUT2D eigenvalue weighted by molar-refractivity contribution is -0.138. The van der Waals surface area contributed by atoms with Crippen LogP contribution in [0.25, 0.3) is 0 Å². The fraction of sp³-hybridized carbons (Fsp3) is 0.333. The highest BCUT2D eigenvalue weighted by atomic mass is 19.3. The van der Waals surface area contributed by atoms with Gasteiger partial charge in [-0.25, -0.2) is 0 Å². The predicted octanol–water partition coefficient (Wildman–Crippen LogP) is -0.105. The third-order valence-corrected chi connectivity index (χ3v) is 0.777. The van der Waals surface area contributed by atoms with Crippen molar-refractivity contribution in [2.45, 2.75) is 5.92 Å². The van der Waals surface area contributed by atoms with E-state index < -0.39 is 11.8 Å². The van der Waals surface area contributed by atoms with Gasteiger partial charge in [-0.05, 0) is 0 Å². The molecule has 5 heteroatoms. The first-order chi connectivity index (χ1) is 5.04. The highest BCUT2D eigenvalue weighted by molar-refractivity contribution is 5.86. The lowest BCUT2D eigenvalue weighted by Gasteiger charge is -2.04. The number of amides is 1. The lowest BCUT2D eigenvalue weighted by atomic mass is 10.3. The topological polar surface area (TPSA) is 52.9 Å². The van der Waals surface area contributed by atoms with Crippen LogP contribution in [-0.2, 0) is 4.79 Å². The van der Waals surface area contributed by atoms with Crippen molar-refractivity contribution in [1.29, 1.82) is 5.26 Å². The molecule has 0 saturated heterocycles. The molecule has 58 valence electrons. The summed E-state index contributed by atoms with van der Waals surface area (Å²) in [5, 5.41) is 9.43. The molecule has 0 aromatic rings. The number of alkyl halides is 2. The molecule has 0 rings (SSSR count). The number of terminal acetylenes is 1. The van der Waals surface area contributed by atoms with Gasteiger partial charge in [-0.3, -0.25) is 4.79 Å². The first kappa shape index (κ1) is 9.38. The Labute approximate surface area is 62.0 Å². The van der Waals surface area contributed by atoms with Crippen molar-refractivity contribution >= 4 is 5.91 Å². The second-order valence-corrected chi connectivity index (χ2v) is 1.57. The molecule has 0 aromatic heterocycles. The van der Waals surface area contributed by atoms with Crippen LogP contribution in [0.2, 0.25) is 0 Å². The number of halogens is 2. The lowest BCUT2D eigenvalue weighted by Crippen LogP contribution is -2.39. The van der Waals surface area contributed by atoms with E-state index in [9.17, 15) is 13.6 Å². The third kappa shape index (κ3) is 2.63. The zero-order chi connectivity index (χ0) is 8.91. The number of nitrogens with one attached hydrogen (secondary N) is 1. The second-order valence-electron chi connectivity index (χ2n) is 1.57. The van der Waals surface area contributed by atoms with E-state index in [0.717, 1.165) is 0 Å². The molecular formula is C6H4F2N2O. The standard InChI is InChI=1S/C6H4F2N2O/c1-2-3-10-5(11)6(7,8)4-9/h1H,3H2,(H,10,11). The minimum atomic E-state index is -3.99. The van der Waals surface area contributed by atoms with E-state index in [1.165, 1.54) is 0 Å². The molecule has 0 radical (unpaired) electrons. The van der Waals surface area contributed by atoms with Crippen LogP contribution in [0.15, 0.2) is 0 Å². The highest BCUT2D eigenvalue weighted by Crippen LogP contribution is 2.10. The van der Waals surface area contributed by atoms with E-state index in [4.69, 9.17) is 5.26 Å². The quantitative estimate of drug-likeness (QED) is 0.570. The molecule has 0 aliphatic heterocycles. The summed E-state index contributed by atoms with van der Waals surface area (Å²) in [6, 6.07) is 0.536. The van der Waals surface area contributed by atoms with Crippen LogP contribution in [0.4, 0.5) is 8.78 Å². The van der Waals surface area contributed by atoms with Crippen molar-refractivity contribution in [2.75, 3.05) is 6.54 Å². The van der Waals surface area contributed by atoms with Crippen LogP contribution in [0.3, 0.4) is 0 Å². The smallest absolute Gasteiger partial charge is 0.339 e. The Morgan fingerprint density at radius 1 is 1.73 bits per heavy atom. The summed E-state index contributed by atoms with van der Waals surface area (Å²) in [5.74, 6) is -3.74. The Morgan fingerprint density at radius 3 is 2.64 bits per heavy atom. The summed E-state index contributed by atoms with van der Waals surface area (Å²) in [5.41, 5.74) is 0. The molecule has 11 heavy (non-hydrogen) atoms. The van der Waals surface area contributed by atoms with Gasteiger partial charge >= 0.3 is 11.8 Å². The number of nitrogens with zero attached hydrogens (tertiary/aromatic N) is 1. The number of carbonyl (C=O) groups is 1. The van der Waals surface area contributed by atoms with Gasteiger partial charge in [-0.2, -0.15) is 14.0 Å². The van der Waals surface area contributed by atoms with Crippen LogP contribution in [-0.4, -0.2) is 18.4 Å². The Bertz CT molecular complexity index is 236. The molecule has 0 fully saturated rings. The van der Waals surface area contributed by atoms with E-state index in [0.29, 0.717) is 6.07 Å². The van der Waals surface area contributed by atoms with Crippen molar-refractivity contribution in [3.8, 4) is 18.4 Å². The third-order valence-electron chi connectivity index (χ3n) is 0.777. The number of nitriles is 1. The average molecular weight is 158 g/mol. The highest BCUT2D eigenvalue weighted by Gasteiger charge is 2.38. The number of carbonyl (C=O) groups excluding carboxylic acids is 1. The molecule has 0 bridgehead atoms. The largest absolute Gasteiger partial charge is 0.408 e. The number of hydrogen-bond donors (Lipinski definition) is 1. The van der Waals surface area contributed by atoms with Crippen LogP contribution in [0.5, 0.6) is 0 Å². The minimum Gasteiger partial charge on any atom is -0.339 e. The van der Waals surface area contributed by atoms with Gasteiger partial charge in [0.15, 0.2) is 0 Å². The molecular weight excluding hydrogens is 154 g/mol. The van der Waals surface area contributed by atoms with E-state index in [1.807, 2.05) is 5.92 Å². The van der Waals surface area contributed by atoms with Crippen LogP contribution in [0, 0.1) is 23.7 Å². The van der Waals surface area contributed by atoms with Gasteiger partial charge in [0.05, 0.1) is 6.54 Å². The fourth-order valence-electron chi connectivity index (χ4n) is 0.293. The van der Waals surface area contributed by atoms with Crippen molar-refractivity contribution in [2.24, 2.45) is 0 Å². The van der Waals surface area contributed by atoms with Crippen molar-refractivity contribution < 1.29 is 13.6 Å². The van der Waals surface area contributed by atoms with Gasteiger partial charge < -0.3 is 5.32 Å². The van der Waals surface area contributed by atoms with Crippen molar-refractivity contribution in [1.82, 2.24) is 5.32 Å². The van der Waals surface area contributed by atoms with Crippen molar-refractivity contribution in [3.05, 3.63) is 0 Å². The second kappa shape index (κ2) is 3.52. The van der Waals surface area contributed by atoms with Gasteiger partial charge in [-0.1, -0.05) is 5.92 Å². The van der Waals surface area contributed by atoms with E-state index >= 15 is 0 Å². The molecule has 0 atom stereocenters. The number of rotatable bonds is 2. The Kier molecular flexibility index (Phi) is 3.01. The van der Waals surface area contributed by atoms with E-state index in [1.54, 1.807) is 5.32 Å². The Hall–Kier alpha value is -1.62. The predicted molar refractivity (Wildman–Crippen MR) is 32.4 cm³/mol. The average Bonchev–Trinajstić information content (AvgIpc) is 2.00. The molecule has 0 heterocycles. The first-order valence-electron chi connectivity index (χ1n) is 2.55. The van der Waals surface area contributed by atoms with E-state index in [-0.39, 0.29) is 6.54 Å². The van der Waals surface area contributed by atoms with Crippen LogP contribution < -0.4 is 5.32 Å². The van der Waals surface area contributed by atoms with Crippen LogP contribution >= 0.6 is 0 Å².